The van der Waals surface area contributed by atoms with Gasteiger partial charge in [0.25, 0.3) is 0 Å². The normalized spacial score (nSPS) is 16.9. The molecule has 0 saturated heterocycles. The van der Waals surface area contributed by atoms with E-state index < -0.39 is 0 Å². The zero-order valence-electron chi connectivity index (χ0n) is 16.7. The summed E-state index contributed by atoms with van der Waals surface area (Å²) in [5.74, 6) is 0.270. The first-order valence-electron chi connectivity index (χ1n) is 10.5. The Kier molecular flexibility index (Phi) is 5.86. The molecule has 1 aromatic carbocycles. The molecule has 2 saturated carbocycles. The van der Waals surface area contributed by atoms with Crippen LogP contribution in [0.5, 0.6) is 0 Å². The smallest absolute Gasteiger partial charge is 0.169 e. The third kappa shape index (κ3) is 4.62. The molecule has 5 nitrogen and oxygen atoms in total. The van der Waals surface area contributed by atoms with E-state index in [1.54, 1.807) is 18.6 Å². The van der Waals surface area contributed by atoms with Crippen molar-refractivity contribution in [2.75, 3.05) is 5.73 Å². The molecule has 3 aromatic rings. The summed E-state index contributed by atoms with van der Waals surface area (Å²) in [6.45, 7) is 0. The molecular formula is C24H28N4O. The molecule has 4 N–H and O–H groups in total. The van der Waals surface area contributed by atoms with Gasteiger partial charge in [-0.05, 0) is 61.1 Å². The molecular weight excluding hydrogens is 360 g/mol. The van der Waals surface area contributed by atoms with E-state index in [0.29, 0.717) is 17.3 Å². The molecule has 2 aliphatic rings. The molecule has 2 aromatic heterocycles. The Hall–Kier alpha value is -2.79. The van der Waals surface area contributed by atoms with Crippen LogP contribution in [0.1, 0.15) is 55.3 Å². The fourth-order valence-corrected chi connectivity index (χ4v) is 3.83. The molecule has 5 rings (SSSR count). The Labute approximate surface area is 171 Å². The number of carbonyl (C=O) groups excluding carboxylic acids is 1. The van der Waals surface area contributed by atoms with Crippen molar-refractivity contribution in [1.82, 2.24) is 9.97 Å². The second-order valence-corrected chi connectivity index (χ2v) is 8.09. The van der Waals surface area contributed by atoms with Gasteiger partial charge in [-0.3, -0.25) is 14.8 Å². The van der Waals surface area contributed by atoms with Crippen molar-refractivity contribution in [3.05, 3.63) is 54.5 Å². The van der Waals surface area contributed by atoms with Crippen LogP contribution in [0, 0.1) is 5.92 Å². The zero-order valence-corrected chi connectivity index (χ0v) is 16.7. The van der Waals surface area contributed by atoms with Gasteiger partial charge in [-0.15, -0.1) is 0 Å². The molecule has 2 fully saturated rings. The molecule has 5 heteroatoms. The number of anilines is 1. The number of carbonyl (C=O) groups is 1. The molecule has 2 heterocycles. The van der Waals surface area contributed by atoms with E-state index in [1.165, 1.54) is 32.1 Å². The van der Waals surface area contributed by atoms with Gasteiger partial charge in [-0.25, -0.2) is 0 Å². The summed E-state index contributed by atoms with van der Waals surface area (Å²) in [5, 5.41) is 0.834. The van der Waals surface area contributed by atoms with Crippen LogP contribution in [0.25, 0.3) is 22.0 Å². The highest BCUT2D eigenvalue weighted by Gasteiger charge is 2.32. The van der Waals surface area contributed by atoms with Gasteiger partial charge in [0.05, 0.1) is 16.8 Å². The summed E-state index contributed by atoms with van der Waals surface area (Å²) < 4.78 is 0. The van der Waals surface area contributed by atoms with E-state index in [1.807, 2.05) is 30.3 Å². The number of nitrogen functional groups attached to an aromatic ring is 1. The van der Waals surface area contributed by atoms with Crippen LogP contribution in [0.2, 0.25) is 0 Å². The van der Waals surface area contributed by atoms with E-state index in [-0.39, 0.29) is 11.7 Å². The minimum atomic E-state index is 0.126. The summed E-state index contributed by atoms with van der Waals surface area (Å²) >= 11 is 0. The lowest BCUT2D eigenvalue weighted by Gasteiger charge is -2.15. The number of ketones is 1. The number of nitrogens with two attached hydrogens (primary N) is 2. The fraction of sp³-hybridized carbons (Fsp3) is 0.375. The zero-order chi connectivity index (χ0) is 20.2. The number of Topliss-reactive ketones (excluding diaryl/α,β-unsaturated/α-hetero) is 1. The number of benzene rings is 1. The number of rotatable bonds is 3. The Morgan fingerprint density at radius 2 is 1.66 bits per heavy atom. The monoisotopic (exact) mass is 388 g/mol. The molecule has 0 bridgehead atoms. The van der Waals surface area contributed by atoms with E-state index in [2.05, 4.69) is 9.97 Å². The van der Waals surface area contributed by atoms with Gasteiger partial charge in [-0.2, -0.15) is 0 Å². The van der Waals surface area contributed by atoms with Crippen molar-refractivity contribution in [3.63, 3.8) is 0 Å². The van der Waals surface area contributed by atoms with Gasteiger partial charge in [0.15, 0.2) is 5.78 Å². The summed E-state index contributed by atoms with van der Waals surface area (Å²) in [5.41, 5.74) is 15.9. The molecule has 0 atom stereocenters. The highest BCUT2D eigenvalue weighted by molar-refractivity contribution is 6.09. The van der Waals surface area contributed by atoms with Gasteiger partial charge in [0.2, 0.25) is 0 Å². The second-order valence-electron chi connectivity index (χ2n) is 8.09. The number of hydrogen-bond donors (Lipinski definition) is 2. The van der Waals surface area contributed by atoms with Gasteiger partial charge in [-0.1, -0.05) is 25.3 Å². The van der Waals surface area contributed by atoms with Gasteiger partial charge in [0, 0.05) is 35.9 Å². The van der Waals surface area contributed by atoms with E-state index in [0.717, 1.165) is 34.9 Å². The third-order valence-corrected chi connectivity index (χ3v) is 5.79. The summed E-state index contributed by atoms with van der Waals surface area (Å²) in [6.07, 6.45) is 13.7. The Balaban J connectivity index is 0.000000249. The molecule has 2 aliphatic carbocycles. The average molecular weight is 389 g/mol. The first-order valence-corrected chi connectivity index (χ1v) is 10.5. The maximum atomic E-state index is 12.3. The maximum absolute atomic E-state index is 12.3. The number of pyridine rings is 2. The largest absolute Gasteiger partial charge is 0.398 e. The van der Waals surface area contributed by atoms with E-state index >= 15 is 0 Å². The SMILES string of the molecule is NC1CCCCC1.Nc1c(C(=O)C2CC2)cnc2ccc(-c3ccncc3)cc12. The van der Waals surface area contributed by atoms with Crippen LogP contribution < -0.4 is 11.5 Å². The van der Waals surface area contributed by atoms with Crippen molar-refractivity contribution < 1.29 is 4.79 Å². The highest BCUT2D eigenvalue weighted by Crippen LogP contribution is 2.36. The minimum absolute atomic E-state index is 0.126. The lowest BCUT2D eigenvalue weighted by atomic mass is 9.97. The topological polar surface area (TPSA) is 94.9 Å². The van der Waals surface area contributed by atoms with Gasteiger partial charge in [0.1, 0.15) is 0 Å². The average Bonchev–Trinajstić information content (AvgIpc) is 3.61. The van der Waals surface area contributed by atoms with Crippen LogP contribution in [0.3, 0.4) is 0 Å². The third-order valence-electron chi connectivity index (χ3n) is 5.79. The van der Waals surface area contributed by atoms with Crippen LogP contribution >= 0.6 is 0 Å². The quantitative estimate of drug-likeness (QED) is 0.631. The molecule has 0 aliphatic heterocycles. The number of nitrogens with zero attached hydrogens (tertiary/aromatic N) is 2. The van der Waals surface area contributed by atoms with Crippen LogP contribution in [-0.2, 0) is 0 Å². The number of fused-ring (bicyclic) bond motifs is 1. The highest BCUT2D eigenvalue weighted by atomic mass is 16.1. The van der Waals surface area contributed by atoms with Crippen molar-refractivity contribution in [3.8, 4) is 11.1 Å². The molecule has 0 radical (unpaired) electrons. The molecule has 0 unspecified atom stereocenters. The van der Waals surface area contributed by atoms with Crippen molar-refractivity contribution in [1.29, 1.82) is 0 Å². The van der Waals surface area contributed by atoms with E-state index in [9.17, 15) is 4.79 Å². The van der Waals surface area contributed by atoms with Crippen LogP contribution in [-0.4, -0.2) is 21.8 Å². The standard InChI is InChI=1S/C18H15N3O.C6H13N/c19-17-14-9-13(11-5-7-20-8-6-11)3-4-16(14)21-10-15(17)18(22)12-1-2-12;7-6-4-2-1-3-5-6/h3-10,12H,1-2H2,(H2,19,21);6H,1-5,7H2. The Morgan fingerprint density at radius 1 is 0.931 bits per heavy atom. The second kappa shape index (κ2) is 8.70. The Bertz CT molecular complexity index is 992. The molecule has 0 spiro atoms. The summed E-state index contributed by atoms with van der Waals surface area (Å²) in [4.78, 5) is 20.7. The lowest BCUT2D eigenvalue weighted by Crippen LogP contribution is -2.22. The molecule has 29 heavy (non-hydrogen) atoms. The minimum Gasteiger partial charge on any atom is -0.398 e. The first-order chi connectivity index (χ1) is 14.1. The predicted molar refractivity (Wildman–Crippen MR) is 118 cm³/mol. The van der Waals surface area contributed by atoms with E-state index in [4.69, 9.17) is 11.5 Å². The van der Waals surface area contributed by atoms with Crippen molar-refractivity contribution in [2.24, 2.45) is 11.7 Å². The summed E-state index contributed by atoms with van der Waals surface area (Å²) in [6, 6.07) is 10.4. The van der Waals surface area contributed by atoms with Crippen LogP contribution in [0.15, 0.2) is 48.9 Å². The number of aromatic nitrogens is 2. The van der Waals surface area contributed by atoms with Crippen molar-refractivity contribution in [2.45, 2.75) is 51.0 Å². The summed E-state index contributed by atoms with van der Waals surface area (Å²) in [7, 11) is 0. The fourth-order valence-electron chi connectivity index (χ4n) is 3.83. The maximum Gasteiger partial charge on any atom is 0.169 e. The Morgan fingerprint density at radius 3 is 2.28 bits per heavy atom. The number of hydrogen-bond acceptors (Lipinski definition) is 5. The lowest BCUT2D eigenvalue weighted by molar-refractivity contribution is 0.0968. The first kappa shape index (κ1) is 19.5. The molecule has 0 amide bonds. The predicted octanol–water partition coefficient (Wildman–Crippen LogP) is 4.75. The van der Waals surface area contributed by atoms with Gasteiger partial charge >= 0.3 is 0 Å². The van der Waals surface area contributed by atoms with Crippen molar-refractivity contribution >= 4 is 22.4 Å². The molecule has 150 valence electrons. The van der Waals surface area contributed by atoms with Crippen LogP contribution in [0.4, 0.5) is 5.69 Å². The van der Waals surface area contributed by atoms with Gasteiger partial charge < -0.3 is 11.5 Å².